The minimum absolute atomic E-state index is 0.0382. The number of aliphatic hydroxyl groups excluding tert-OH is 1. The lowest BCUT2D eigenvalue weighted by Crippen LogP contribution is -2.53. The van der Waals surface area contributed by atoms with Crippen molar-refractivity contribution in [2.75, 3.05) is 19.8 Å². The fourth-order valence-corrected chi connectivity index (χ4v) is 2.46. The smallest absolute Gasteiger partial charge is 0.405 e. The summed E-state index contributed by atoms with van der Waals surface area (Å²) in [4.78, 5) is 0. The van der Waals surface area contributed by atoms with Gasteiger partial charge in [-0.3, -0.25) is 0 Å². The van der Waals surface area contributed by atoms with Crippen LogP contribution in [0.4, 0.5) is 13.2 Å². The fraction of sp³-hybridized carbons (Fsp3) is 0.538. The Morgan fingerprint density at radius 1 is 1.40 bits per heavy atom. The number of hydrogen-bond acceptors (Lipinski definition) is 4. The van der Waals surface area contributed by atoms with Crippen molar-refractivity contribution in [3.8, 4) is 5.75 Å². The van der Waals surface area contributed by atoms with Crippen LogP contribution in [0.2, 0.25) is 0 Å². The van der Waals surface area contributed by atoms with Crippen LogP contribution in [0.15, 0.2) is 24.3 Å². The molecule has 3 N–H and O–H groups in total. The molecule has 7 heteroatoms. The van der Waals surface area contributed by atoms with Crippen LogP contribution in [0.25, 0.3) is 0 Å². The topological polar surface area (TPSA) is 64.7 Å². The number of benzene rings is 1. The summed E-state index contributed by atoms with van der Waals surface area (Å²) in [7, 11) is 0. The maximum atomic E-state index is 12.4. The molecule has 0 radical (unpaired) electrons. The summed E-state index contributed by atoms with van der Waals surface area (Å²) in [6.45, 7) is 0.239. The Balaban J connectivity index is 2.40. The number of alkyl halides is 3. The second kappa shape index (κ2) is 5.59. The van der Waals surface area contributed by atoms with Crippen molar-refractivity contribution in [3.63, 3.8) is 0 Å². The molecule has 0 aliphatic carbocycles. The number of nitrogens with two attached hydrogens (primary N) is 1. The molecule has 2 rings (SSSR count). The zero-order valence-corrected chi connectivity index (χ0v) is 10.7. The minimum atomic E-state index is -4.79. The molecule has 1 heterocycles. The quantitative estimate of drug-likeness (QED) is 0.891. The van der Waals surface area contributed by atoms with E-state index in [0.29, 0.717) is 13.0 Å². The van der Waals surface area contributed by atoms with Gasteiger partial charge in [-0.05, 0) is 12.5 Å². The van der Waals surface area contributed by atoms with Gasteiger partial charge in [-0.25, -0.2) is 0 Å². The largest absolute Gasteiger partial charge is 0.573 e. The third-order valence-corrected chi connectivity index (χ3v) is 3.51. The van der Waals surface area contributed by atoms with Crippen LogP contribution >= 0.6 is 0 Å². The SMILES string of the molecule is N[C@@]1(c2ccccc2OC(F)(F)F)COCC[C@H]1CO. The lowest BCUT2D eigenvalue weighted by molar-refractivity contribution is -0.275. The predicted molar refractivity (Wildman–Crippen MR) is 65.0 cm³/mol. The highest BCUT2D eigenvalue weighted by Gasteiger charge is 2.43. The molecule has 0 unspecified atom stereocenters. The van der Waals surface area contributed by atoms with Gasteiger partial charge in [0.2, 0.25) is 0 Å². The van der Waals surface area contributed by atoms with Crippen molar-refractivity contribution in [3.05, 3.63) is 29.8 Å². The van der Waals surface area contributed by atoms with Crippen LogP contribution in [-0.4, -0.2) is 31.3 Å². The standard InChI is InChI=1S/C13H16F3NO3/c14-13(15,16)20-11-4-2-1-3-10(11)12(17)8-19-6-5-9(12)7-18/h1-4,9,18H,5-8,17H2/t9-,12-/m0/s1. The first-order chi connectivity index (χ1) is 9.37. The Labute approximate surface area is 114 Å². The van der Waals surface area contributed by atoms with E-state index >= 15 is 0 Å². The van der Waals surface area contributed by atoms with Gasteiger partial charge < -0.3 is 20.3 Å². The Morgan fingerprint density at radius 3 is 2.75 bits per heavy atom. The average Bonchev–Trinajstić information content (AvgIpc) is 2.38. The lowest BCUT2D eigenvalue weighted by Gasteiger charge is -2.41. The van der Waals surface area contributed by atoms with E-state index < -0.39 is 11.9 Å². The summed E-state index contributed by atoms with van der Waals surface area (Å²) in [6, 6.07) is 5.70. The van der Waals surface area contributed by atoms with E-state index in [4.69, 9.17) is 10.5 Å². The van der Waals surface area contributed by atoms with Gasteiger partial charge in [0.1, 0.15) is 5.75 Å². The molecular weight excluding hydrogens is 275 g/mol. The highest BCUT2D eigenvalue weighted by Crippen LogP contribution is 2.39. The molecule has 4 nitrogen and oxygen atoms in total. The zero-order chi connectivity index (χ0) is 14.8. The molecule has 0 saturated carbocycles. The summed E-state index contributed by atoms with van der Waals surface area (Å²) < 4.78 is 46.7. The Morgan fingerprint density at radius 2 is 2.10 bits per heavy atom. The molecule has 0 amide bonds. The van der Waals surface area contributed by atoms with Gasteiger partial charge in [0.25, 0.3) is 0 Å². The number of halogens is 3. The van der Waals surface area contributed by atoms with E-state index in [1.165, 1.54) is 18.2 Å². The number of para-hydroxylation sites is 1. The molecule has 1 aromatic rings. The van der Waals surface area contributed by atoms with E-state index in [9.17, 15) is 18.3 Å². The molecule has 1 aliphatic rings. The Hall–Kier alpha value is -1.31. The van der Waals surface area contributed by atoms with E-state index in [1.54, 1.807) is 6.07 Å². The van der Waals surface area contributed by atoms with Crippen LogP contribution in [0.3, 0.4) is 0 Å². The highest BCUT2D eigenvalue weighted by atomic mass is 19.4. The van der Waals surface area contributed by atoms with Gasteiger partial charge in [-0.1, -0.05) is 18.2 Å². The first-order valence-electron chi connectivity index (χ1n) is 6.19. The van der Waals surface area contributed by atoms with Crippen LogP contribution in [0.1, 0.15) is 12.0 Å². The molecule has 1 aromatic carbocycles. The van der Waals surface area contributed by atoms with Crippen LogP contribution < -0.4 is 10.5 Å². The number of ether oxygens (including phenoxy) is 2. The molecule has 0 aromatic heterocycles. The van der Waals surface area contributed by atoms with Crippen molar-refractivity contribution in [1.82, 2.24) is 0 Å². The van der Waals surface area contributed by atoms with Crippen molar-refractivity contribution < 1.29 is 27.8 Å². The summed E-state index contributed by atoms with van der Waals surface area (Å²) in [5.41, 5.74) is 5.21. The number of aliphatic hydroxyl groups is 1. The molecule has 0 bridgehead atoms. The summed E-state index contributed by atoms with van der Waals surface area (Å²) in [6.07, 6.45) is -4.32. The number of rotatable bonds is 3. The van der Waals surface area contributed by atoms with Crippen LogP contribution in [-0.2, 0) is 10.3 Å². The third kappa shape index (κ3) is 3.05. The lowest BCUT2D eigenvalue weighted by atomic mass is 9.76. The second-order valence-electron chi connectivity index (χ2n) is 4.81. The maximum Gasteiger partial charge on any atom is 0.573 e. The van der Waals surface area contributed by atoms with Crippen molar-refractivity contribution >= 4 is 0 Å². The van der Waals surface area contributed by atoms with E-state index in [1.807, 2.05) is 0 Å². The third-order valence-electron chi connectivity index (χ3n) is 3.51. The molecule has 20 heavy (non-hydrogen) atoms. The minimum Gasteiger partial charge on any atom is -0.405 e. The normalized spacial score (nSPS) is 27.4. The van der Waals surface area contributed by atoms with Crippen LogP contribution in [0.5, 0.6) is 5.75 Å². The van der Waals surface area contributed by atoms with Gasteiger partial charge in [-0.15, -0.1) is 13.2 Å². The molecule has 1 saturated heterocycles. The van der Waals surface area contributed by atoms with Crippen molar-refractivity contribution in [2.24, 2.45) is 11.7 Å². The zero-order valence-electron chi connectivity index (χ0n) is 10.7. The number of hydrogen-bond donors (Lipinski definition) is 2. The van der Waals surface area contributed by atoms with Gasteiger partial charge in [0, 0.05) is 24.7 Å². The summed E-state index contributed by atoms with van der Waals surface area (Å²) >= 11 is 0. The highest BCUT2D eigenvalue weighted by molar-refractivity contribution is 5.40. The molecule has 1 fully saturated rings. The van der Waals surface area contributed by atoms with Crippen molar-refractivity contribution in [2.45, 2.75) is 18.3 Å². The molecule has 1 aliphatic heterocycles. The maximum absolute atomic E-state index is 12.4. The average molecular weight is 291 g/mol. The Bertz CT molecular complexity index is 466. The first-order valence-corrected chi connectivity index (χ1v) is 6.19. The molecule has 112 valence electrons. The summed E-state index contributed by atoms with van der Waals surface area (Å²) in [5, 5.41) is 9.41. The monoisotopic (exact) mass is 291 g/mol. The molecule has 2 atom stereocenters. The van der Waals surface area contributed by atoms with Gasteiger partial charge >= 0.3 is 6.36 Å². The molecular formula is C13H16F3NO3. The first kappa shape index (κ1) is 15.1. The van der Waals surface area contributed by atoms with Gasteiger partial charge in [-0.2, -0.15) is 0 Å². The summed E-state index contributed by atoms with van der Waals surface area (Å²) in [5.74, 6) is -0.735. The predicted octanol–water partition coefficient (Wildman–Crippen LogP) is 1.77. The van der Waals surface area contributed by atoms with Crippen LogP contribution in [0, 0.1) is 5.92 Å². The molecule has 0 spiro atoms. The van der Waals surface area contributed by atoms with Crippen molar-refractivity contribution in [1.29, 1.82) is 0 Å². The van der Waals surface area contributed by atoms with E-state index in [0.717, 1.165) is 0 Å². The second-order valence-corrected chi connectivity index (χ2v) is 4.81. The van der Waals surface area contributed by atoms with Gasteiger partial charge in [0.05, 0.1) is 12.1 Å². The van der Waals surface area contributed by atoms with E-state index in [-0.39, 0.29) is 30.4 Å². The van der Waals surface area contributed by atoms with Gasteiger partial charge in [0.15, 0.2) is 0 Å². The Kier molecular flexibility index (Phi) is 4.22. The van der Waals surface area contributed by atoms with E-state index in [2.05, 4.69) is 4.74 Å². The fourth-order valence-electron chi connectivity index (χ4n) is 2.46.